The third-order valence-electron chi connectivity index (χ3n) is 1.59. The molecule has 6 heteroatoms. The van der Waals surface area contributed by atoms with Crippen LogP contribution < -0.4 is 0 Å². The first-order valence-corrected chi connectivity index (χ1v) is 3.89. The molecule has 1 saturated heterocycles. The zero-order chi connectivity index (χ0) is 10.6. The van der Waals surface area contributed by atoms with Crippen LogP contribution in [0.25, 0.3) is 0 Å². The number of hydrogen-bond donors (Lipinski definition) is 0. The van der Waals surface area contributed by atoms with Crippen LogP contribution in [0.15, 0.2) is 12.2 Å². The van der Waals surface area contributed by atoms with Crippen LogP contribution in [-0.2, 0) is 19.1 Å². The number of carbonyl (C=O) groups excluding carboxylic acids is 3. The van der Waals surface area contributed by atoms with Crippen molar-refractivity contribution < 1.29 is 23.9 Å². The van der Waals surface area contributed by atoms with Crippen molar-refractivity contribution in [2.75, 3.05) is 20.3 Å². The molecule has 14 heavy (non-hydrogen) atoms. The molecule has 6 nitrogen and oxygen atoms in total. The van der Waals surface area contributed by atoms with Crippen LogP contribution >= 0.6 is 0 Å². The van der Waals surface area contributed by atoms with Gasteiger partial charge in [-0.1, -0.05) is 0 Å². The van der Waals surface area contributed by atoms with Crippen LogP contribution in [-0.4, -0.2) is 43.1 Å². The van der Waals surface area contributed by atoms with E-state index in [9.17, 15) is 14.4 Å². The molecule has 0 aromatic heterocycles. The van der Waals surface area contributed by atoms with Gasteiger partial charge in [-0.3, -0.25) is 4.79 Å². The lowest BCUT2D eigenvalue weighted by Gasteiger charge is -2.05. The fraction of sp³-hybridized carbons (Fsp3) is 0.375. The average Bonchev–Trinajstić information content (AvgIpc) is 2.60. The summed E-state index contributed by atoms with van der Waals surface area (Å²) >= 11 is 0. The van der Waals surface area contributed by atoms with Crippen molar-refractivity contribution in [2.45, 2.75) is 0 Å². The summed E-state index contributed by atoms with van der Waals surface area (Å²) in [5, 5.41) is 0. The van der Waals surface area contributed by atoms with Crippen molar-refractivity contribution in [1.82, 2.24) is 4.90 Å². The van der Waals surface area contributed by atoms with Crippen molar-refractivity contribution in [3.8, 4) is 0 Å². The van der Waals surface area contributed by atoms with Gasteiger partial charge in [0, 0.05) is 12.2 Å². The second kappa shape index (κ2) is 4.40. The molecule has 1 fully saturated rings. The Labute approximate surface area is 80.1 Å². The Kier molecular flexibility index (Phi) is 3.22. The number of imide groups is 1. The monoisotopic (exact) mass is 199 g/mol. The molecule has 0 atom stereocenters. The molecular weight excluding hydrogens is 190 g/mol. The van der Waals surface area contributed by atoms with Gasteiger partial charge >= 0.3 is 12.1 Å². The highest BCUT2D eigenvalue weighted by Gasteiger charge is 2.26. The molecule has 76 valence electrons. The third-order valence-corrected chi connectivity index (χ3v) is 1.59. The summed E-state index contributed by atoms with van der Waals surface area (Å²) in [7, 11) is 1.20. The van der Waals surface area contributed by atoms with Gasteiger partial charge in [-0.15, -0.1) is 0 Å². The van der Waals surface area contributed by atoms with Gasteiger partial charge in [0.25, 0.3) is 5.91 Å². The molecule has 0 spiro atoms. The van der Waals surface area contributed by atoms with Crippen molar-refractivity contribution in [3.05, 3.63) is 12.2 Å². The first kappa shape index (κ1) is 10.2. The van der Waals surface area contributed by atoms with E-state index < -0.39 is 18.0 Å². The number of nitrogens with zero attached hydrogens (tertiary/aromatic N) is 1. The Morgan fingerprint density at radius 1 is 1.50 bits per heavy atom. The van der Waals surface area contributed by atoms with Crippen molar-refractivity contribution in [3.63, 3.8) is 0 Å². The molecule has 1 heterocycles. The Morgan fingerprint density at radius 2 is 2.21 bits per heavy atom. The number of amides is 2. The van der Waals surface area contributed by atoms with E-state index in [1.54, 1.807) is 0 Å². The second-order valence-electron chi connectivity index (χ2n) is 2.46. The molecule has 0 aliphatic carbocycles. The normalized spacial score (nSPS) is 15.8. The van der Waals surface area contributed by atoms with Crippen LogP contribution in [0.3, 0.4) is 0 Å². The van der Waals surface area contributed by atoms with E-state index >= 15 is 0 Å². The van der Waals surface area contributed by atoms with Crippen molar-refractivity contribution in [2.24, 2.45) is 0 Å². The van der Waals surface area contributed by atoms with E-state index in [0.29, 0.717) is 0 Å². The van der Waals surface area contributed by atoms with Crippen LogP contribution in [0, 0.1) is 0 Å². The van der Waals surface area contributed by atoms with E-state index in [2.05, 4.69) is 9.47 Å². The minimum Gasteiger partial charge on any atom is -0.466 e. The van der Waals surface area contributed by atoms with Gasteiger partial charge in [0.15, 0.2) is 0 Å². The SMILES string of the molecule is COC(=O)/C=C/C(=O)N1CCOC1=O. The van der Waals surface area contributed by atoms with E-state index in [4.69, 9.17) is 0 Å². The smallest absolute Gasteiger partial charge is 0.416 e. The minimum atomic E-state index is -0.690. The number of methoxy groups -OCH3 is 1. The third kappa shape index (κ3) is 2.32. The molecule has 0 aromatic carbocycles. The van der Waals surface area contributed by atoms with Gasteiger partial charge < -0.3 is 9.47 Å². The maximum absolute atomic E-state index is 11.2. The lowest BCUT2D eigenvalue weighted by molar-refractivity contribution is -0.135. The summed E-state index contributed by atoms with van der Waals surface area (Å²) in [6.07, 6.45) is 1.23. The Balaban J connectivity index is 2.53. The van der Waals surface area contributed by atoms with E-state index in [-0.39, 0.29) is 13.2 Å². The average molecular weight is 199 g/mol. The summed E-state index contributed by atoms with van der Waals surface area (Å²) in [6.45, 7) is 0.403. The highest BCUT2D eigenvalue weighted by Crippen LogP contribution is 2.03. The van der Waals surface area contributed by atoms with Crippen LogP contribution in [0.2, 0.25) is 0 Å². The number of carbonyl (C=O) groups is 3. The van der Waals surface area contributed by atoms with E-state index in [1.807, 2.05) is 0 Å². The first-order valence-electron chi connectivity index (χ1n) is 3.89. The Hall–Kier alpha value is -1.85. The predicted octanol–water partition coefficient (Wildman–Crippen LogP) is -0.306. The topological polar surface area (TPSA) is 72.9 Å². The predicted molar refractivity (Wildman–Crippen MR) is 44.2 cm³/mol. The maximum Gasteiger partial charge on any atom is 0.416 e. The van der Waals surface area contributed by atoms with E-state index in [1.165, 1.54) is 7.11 Å². The quantitative estimate of drug-likeness (QED) is 0.450. The molecule has 0 bridgehead atoms. The number of cyclic esters (lactones) is 1. The lowest BCUT2D eigenvalue weighted by Crippen LogP contribution is -2.30. The van der Waals surface area contributed by atoms with Gasteiger partial charge in [-0.2, -0.15) is 0 Å². The van der Waals surface area contributed by atoms with Gasteiger partial charge in [0.2, 0.25) is 0 Å². The number of ether oxygens (including phenoxy) is 2. The summed E-state index contributed by atoms with van der Waals surface area (Å²) in [5.41, 5.74) is 0. The van der Waals surface area contributed by atoms with E-state index in [0.717, 1.165) is 17.1 Å². The van der Waals surface area contributed by atoms with Gasteiger partial charge in [-0.25, -0.2) is 14.5 Å². The molecule has 1 rings (SSSR count). The maximum atomic E-state index is 11.2. The van der Waals surface area contributed by atoms with Crippen molar-refractivity contribution in [1.29, 1.82) is 0 Å². The minimum absolute atomic E-state index is 0.191. The summed E-state index contributed by atoms with van der Waals surface area (Å²) in [4.78, 5) is 33.6. The molecule has 0 unspecified atom stereocenters. The molecular formula is C8H9NO5. The standard InChI is InChI=1S/C8H9NO5/c1-13-7(11)3-2-6(10)9-4-5-14-8(9)12/h2-3H,4-5H2,1H3/b3-2+. The highest BCUT2D eigenvalue weighted by atomic mass is 16.6. The number of esters is 1. The second-order valence-corrected chi connectivity index (χ2v) is 2.46. The Morgan fingerprint density at radius 3 is 2.71 bits per heavy atom. The van der Waals surface area contributed by atoms with Crippen LogP contribution in [0.4, 0.5) is 4.79 Å². The van der Waals surface area contributed by atoms with Gasteiger partial charge in [-0.05, 0) is 0 Å². The Bertz CT molecular complexity index is 296. The molecule has 0 N–H and O–H groups in total. The largest absolute Gasteiger partial charge is 0.466 e. The molecule has 1 aliphatic rings. The van der Waals surface area contributed by atoms with Crippen LogP contribution in [0.1, 0.15) is 0 Å². The fourth-order valence-electron chi connectivity index (χ4n) is 0.891. The zero-order valence-corrected chi connectivity index (χ0v) is 7.56. The molecule has 2 amide bonds. The summed E-state index contributed by atoms with van der Waals surface area (Å²) in [6, 6.07) is 0. The molecule has 1 aliphatic heterocycles. The highest BCUT2D eigenvalue weighted by molar-refractivity contribution is 6.02. The zero-order valence-electron chi connectivity index (χ0n) is 7.56. The summed E-state index contributed by atoms with van der Waals surface area (Å²) in [5.74, 6) is -1.23. The number of hydrogen-bond acceptors (Lipinski definition) is 5. The molecule has 0 saturated carbocycles. The lowest BCUT2D eigenvalue weighted by atomic mass is 10.4. The van der Waals surface area contributed by atoms with Gasteiger partial charge in [0.05, 0.1) is 13.7 Å². The van der Waals surface area contributed by atoms with Gasteiger partial charge in [0.1, 0.15) is 6.61 Å². The fourth-order valence-corrected chi connectivity index (χ4v) is 0.891. The van der Waals surface area contributed by atoms with Crippen molar-refractivity contribution >= 4 is 18.0 Å². The first-order chi connectivity index (χ1) is 6.65. The molecule has 0 aromatic rings. The molecule has 0 radical (unpaired) electrons. The van der Waals surface area contributed by atoms with Crippen LogP contribution in [0.5, 0.6) is 0 Å². The summed E-state index contributed by atoms with van der Waals surface area (Å²) < 4.78 is 8.81. The number of rotatable bonds is 2.